The van der Waals surface area contributed by atoms with Gasteiger partial charge in [0.25, 0.3) is 0 Å². The Balaban J connectivity index is 0.860. The molecule has 0 N–H and O–H groups in total. The van der Waals surface area contributed by atoms with Crippen LogP contribution in [0.1, 0.15) is 25.0 Å². The Bertz CT molecular complexity index is 4180. The van der Waals surface area contributed by atoms with Gasteiger partial charge < -0.3 is 9.47 Å². The van der Waals surface area contributed by atoms with Crippen LogP contribution in [0.4, 0.5) is 17.1 Å². The number of fused-ring (bicyclic) bond motifs is 9. The summed E-state index contributed by atoms with van der Waals surface area (Å²) >= 11 is 1.87. The molecule has 0 radical (unpaired) electrons. The molecule has 0 atom stereocenters. The molecule has 0 fully saturated rings. The third-order valence-electron chi connectivity index (χ3n) is 15.2. The van der Waals surface area contributed by atoms with Crippen molar-refractivity contribution in [2.45, 2.75) is 19.3 Å². The second-order valence-electron chi connectivity index (χ2n) is 19.7. The molecule has 2 heterocycles. The van der Waals surface area contributed by atoms with Crippen LogP contribution in [-0.4, -0.2) is 4.57 Å². The number of aromatic nitrogens is 1. The molecule has 13 aromatic rings. The van der Waals surface area contributed by atoms with E-state index in [-0.39, 0.29) is 5.41 Å². The summed E-state index contributed by atoms with van der Waals surface area (Å²) in [4.78, 5) is 2.44. The third kappa shape index (κ3) is 6.92. The number of rotatable bonds is 8. The predicted molar refractivity (Wildman–Crippen MR) is 308 cm³/mol. The van der Waals surface area contributed by atoms with Crippen LogP contribution in [0.3, 0.4) is 0 Å². The first-order chi connectivity index (χ1) is 35.4. The largest absolute Gasteiger partial charge is 0.310 e. The number of benzene rings is 11. The molecule has 1 aliphatic carbocycles. The van der Waals surface area contributed by atoms with Crippen molar-refractivity contribution < 1.29 is 0 Å². The average molecular weight is 937 g/mol. The van der Waals surface area contributed by atoms with Gasteiger partial charge in [-0.15, -0.1) is 11.3 Å². The smallest absolute Gasteiger partial charge is 0.0541 e. The van der Waals surface area contributed by atoms with Gasteiger partial charge in [-0.3, -0.25) is 0 Å². The summed E-state index contributed by atoms with van der Waals surface area (Å²) in [5.41, 5.74) is 21.6. The summed E-state index contributed by atoms with van der Waals surface area (Å²) in [6.07, 6.45) is 0. The zero-order chi connectivity index (χ0) is 47.9. The van der Waals surface area contributed by atoms with Crippen molar-refractivity contribution in [3.63, 3.8) is 0 Å². The van der Waals surface area contributed by atoms with Crippen molar-refractivity contribution in [2.24, 2.45) is 0 Å². The van der Waals surface area contributed by atoms with E-state index in [0.717, 1.165) is 17.1 Å². The minimum absolute atomic E-state index is 0.0837. The van der Waals surface area contributed by atoms with E-state index in [2.05, 4.69) is 278 Å². The Hall–Kier alpha value is -8.76. The molecule has 0 saturated heterocycles. The first kappa shape index (κ1) is 42.1. The van der Waals surface area contributed by atoms with Gasteiger partial charge in [-0.25, -0.2) is 0 Å². The van der Waals surface area contributed by atoms with Crippen LogP contribution in [0.5, 0.6) is 0 Å². The van der Waals surface area contributed by atoms with E-state index in [1.54, 1.807) is 0 Å². The fourth-order valence-corrected chi connectivity index (χ4v) is 12.7. The minimum atomic E-state index is -0.0837. The number of nitrogens with zero attached hydrogens (tertiary/aromatic N) is 2. The van der Waals surface area contributed by atoms with E-state index in [1.165, 1.54) is 114 Å². The monoisotopic (exact) mass is 936 g/mol. The summed E-state index contributed by atoms with van der Waals surface area (Å²) in [7, 11) is 0. The Kier molecular flexibility index (Phi) is 9.77. The van der Waals surface area contributed by atoms with Crippen LogP contribution in [-0.2, 0) is 5.41 Å². The molecule has 0 unspecified atom stereocenters. The van der Waals surface area contributed by atoms with Crippen LogP contribution in [0.15, 0.2) is 255 Å². The van der Waals surface area contributed by atoms with Crippen molar-refractivity contribution in [1.82, 2.24) is 4.57 Å². The van der Waals surface area contributed by atoms with Gasteiger partial charge in [-0.2, -0.15) is 0 Å². The highest BCUT2D eigenvalue weighted by Gasteiger charge is 2.35. The maximum Gasteiger partial charge on any atom is 0.0541 e. The summed E-state index contributed by atoms with van der Waals surface area (Å²) < 4.78 is 5.06. The lowest BCUT2D eigenvalue weighted by Gasteiger charge is -2.28. The molecule has 0 spiro atoms. The van der Waals surface area contributed by atoms with Crippen LogP contribution in [0.2, 0.25) is 0 Å². The van der Waals surface area contributed by atoms with Crippen LogP contribution < -0.4 is 4.90 Å². The van der Waals surface area contributed by atoms with E-state index in [4.69, 9.17) is 0 Å². The van der Waals surface area contributed by atoms with Crippen LogP contribution in [0.25, 0.3) is 103 Å². The SMILES string of the molecule is CC1(C)c2ccccc2-c2cc(N(c3ccc(-c4cccc(-c5ccc6c(c5)c5ccccc5n6-c5ccc6c(c5)sc5ccccc56)c4)cc3)c3cc(-c4ccccc4)cc(-c4ccccc4)c3)ccc21. The maximum absolute atomic E-state index is 2.44. The molecular weight excluding hydrogens is 889 g/mol. The standard InChI is InChI=1S/C69H48N2S/c1-69(2)63-25-12-9-22-57(63)61-43-54(34-36-64(61)69)70(56-40-51(45-16-5-3-6-17-45)39-52(41-56)46-18-7-4-8-19-46)53-31-28-47(29-32-53)48-20-15-21-49(38-48)50-30-37-66-62(42-50)58-23-10-13-26-65(58)71(66)55-33-35-60-59-24-11-14-27-67(59)72-68(60)44-55/h3-44H,1-2H3. The fourth-order valence-electron chi connectivity index (χ4n) is 11.6. The van der Waals surface area contributed by atoms with Crippen molar-refractivity contribution in [2.75, 3.05) is 4.90 Å². The molecule has 1 aliphatic rings. The van der Waals surface area contributed by atoms with Crippen molar-refractivity contribution in [3.8, 4) is 61.3 Å². The first-order valence-electron chi connectivity index (χ1n) is 24.9. The van der Waals surface area contributed by atoms with Gasteiger partial charge in [0.05, 0.1) is 11.0 Å². The molecule has 340 valence electrons. The Morgan fingerprint density at radius 1 is 0.319 bits per heavy atom. The predicted octanol–water partition coefficient (Wildman–Crippen LogP) is 19.6. The van der Waals surface area contributed by atoms with Gasteiger partial charge in [0, 0.05) is 59.1 Å². The molecule has 3 heteroatoms. The van der Waals surface area contributed by atoms with E-state index in [9.17, 15) is 0 Å². The molecule has 72 heavy (non-hydrogen) atoms. The summed E-state index contributed by atoms with van der Waals surface area (Å²) in [5.74, 6) is 0. The zero-order valence-corrected chi connectivity index (χ0v) is 40.9. The number of hydrogen-bond acceptors (Lipinski definition) is 2. The molecule has 2 aromatic heterocycles. The van der Waals surface area contributed by atoms with Crippen LogP contribution in [0, 0.1) is 0 Å². The highest BCUT2D eigenvalue weighted by molar-refractivity contribution is 7.25. The third-order valence-corrected chi connectivity index (χ3v) is 16.3. The van der Waals surface area contributed by atoms with Gasteiger partial charge in [0.1, 0.15) is 0 Å². The minimum Gasteiger partial charge on any atom is -0.310 e. The van der Waals surface area contributed by atoms with Gasteiger partial charge in [0.2, 0.25) is 0 Å². The number of para-hydroxylation sites is 1. The summed E-state index contributed by atoms with van der Waals surface area (Å²) in [6, 6.07) is 94.2. The van der Waals surface area contributed by atoms with Gasteiger partial charge in [-0.1, -0.05) is 184 Å². The molecule has 11 aromatic carbocycles. The first-order valence-corrected chi connectivity index (χ1v) is 25.7. The molecule has 0 bridgehead atoms. The Morgan fingerprint density at radius 3 is 1.65 bits per heavy atom. The maximum atomic E-state index is 2.44. The molecular formula is C69H48N2S. The van der Waals surface area contributed by atoms with Crippen LogP contribution >= 0.6 is 11.3 Å². The highest BCUT2D eigenvalue weighted by atomic mass is 32.1. The zero-order valence-electron chi connectivity index (χ0n) is 40.1. The van der Waals surface area contributed by atoms with Crippen molar-refractivity contribution in [1.29, 1.82) is 0 Å². The lowest BCUT2D eigenvalue weighted by molar-refractivity contribution is 0.660. The lowest BCUT2D eigenvalue weighted by atomic mass is 9.82. The topological polar surface area (TPSA) is 8.17 Å². The van der Waals surface area contributed by atoms with Gasteiger partial charge in [-0.05, 0) is 152 Å². The van der Waals surface area contributed by atoms with E-state index < -0.39 is 0 Å². The molecule has 0 amide bonds. The average Bonchev–Trinajstić information content (AvgIpc) is 4.06. The lowest BCUT2D eigenvalue weighted by Crippen LogP contribution is -2.15. The van der Waals surface area contributed by atoms with E-state index in [1.807, 2.05) is 11.3 Å². The van der Waals surface area contributed by atoms with Gasteiger partial charge >= 0.3 is 0 Å². The quantitative estimate of drug-likeness (QED) is 0.147. The van der Waals surface area contributed by atoms with Crippen molar-refractivity contribution in [3.05, 3.63) is 266 Å². The second kappa shape index (κ2) is 16.7. The number of anilines is 3. The number of thiophene rings is 1. The van der Waals surface area contributed by atoms with E-state index in [0.29, 0.717) is 0 Å². The Morgan fingerprint density at radius 2 is 0.875 bits per heavy atom. The fraction of sp³-hybridized carbons (Fsp3) is 0.0435. The summed E-state index contributed by atoms with van der Waals surface area (Å²) in [6.45, 7) is 4.70. The molecule has 2 nitrogen and oxygen atoms in total. The molecule has 0 saturated carbocycles. The normalized spacial score (nSPS) is 12.7. The Labute approximate surface area is 424 Å². The second-order valence-corrected chi connectivity index (χ2v) is 20.8. The highest BCUT2D eigenvalue weighted by Crippen LogP contribution is 2.51. The summed E-state index contributed by atoms with van der Waals surface area (Å²) in [5, 5.41) is 5.14. The molecule has 14 rings (SSSR count). The number of hydrogen-bond donors (Lipinski definition) is 0. The molecule has 0 aliphatic heterocycles. The van der Waals surface area contributed by atoms with Crippen molar-refractivity contribution >= 4 is 70.4 Å². The van der Waals surface area contributed by atoms with E-state index >= 15 is 0 Å². The van der Waals surface area contributed by atoms with Gasteiger partial charge in [0.15, 0.2) is 0 Å².